The highest BCUT2D eigenvalue weighted by Crippen LogP contribution is 2.40. The van der Waals surface area contributed by atoms with E-state index in [1.54, 1.807) is 7.11 Å². The van der Waals surface area contributed by atoms with E-state index < -0.39 is 0 Å². The average Bonchev–Trinajstić information content (AvgIpc) is 2.93. The molecule has 1 aliphatic carbocycles. The van der Waals surface area contributed by atoms with Gasteiger partial charge in [-0.1, -0.05) is 12.8 Å². The van der Waals surface area contributed by atoms with Crippen LogP contribution in [-0.4, -0.2) is 65.4 Å². The lowest BCUT2D eigenvalue weighted by atomic mass is 9.83. The Hall–Kier alpha value is -0.0800. The molecule has 0 aromatic carbocycles. The lowest BCUT2D eigenvalue weighted by molar-refractivity contribution is 0.138. The summed E-state index contributed by atoms with van der Waals surface area (Å²) in [6.45, 7) is 3.92. The molecule has 132 valence electrons. The molecule has 1 aliphatic rings. The first-order chi connectivity index (χ1) is 10.1. The van der Waals surface area contributed by atoms with Crippen LogP contribution in [0.25, 0.3) is 0 Å². The largest absolute Gasteiger partial charge is 0.385 e. The summed E-state index contributed by atoms with van der Waals surface area (Å²) in [4.78, 5) is 6.53. The molecule has 5 nitrogen and oxygen atoms in total. The molecule has 22 heavy (non-hydrogen) atoms. The number of nitrogens with zero attached hydrogens (tertiary/aromatic N) is 2. The van der Waals surface area contributed by atoms with Crippen molar-refractivity contribution in [1.82, 2.24) is 15.5 Å². The third-order valence-electron chi connectivity index (χ3n) is 4.43. The van der Waals surface area contributed by atoms with E-state index in [9.17, 15) is 0 Å². The van der Waals surface area contributed by atoms with E-state index in [4.69, 9.17) is 4.74 Å². The molecule has 1 fully saturated rings. The number of ether oxygens (including phenoxy) is 1. The van der Waals surface area contributed by atoms with Crippen LogP contribution in [0, 0.1) is 5.41 Å². The monoisotopic (exact) mass is 426 g/mol. The fourth-order valence-electron chi connectivity index (χ4n) is 3.05. The van der Waals surface area contributed by atoms with Gasteiger partial charge in [0.15, 0.2) is 5.96 Å². The van der Waals surface area contributed by atoms with E-state index in [2.05, 4.69) is 34.6 Å². The Morgan fingerprint density at radius 2 is 1.91 bits per heavy atom. The second-order valence-electron chi connectivity index (χ2n) is 6.46. The molecular formula is C16H35IN4O. The van der Waals surface area contributed by atoms with Gasteiger partial charge in [-0.05, 0) is 51.7 Å². The zero-order chi connectivity index (χ0) is 15.6. The van der Waals surface area contributed by atoms with Crippen LogP contribution in [0.5, 0.6) is 0 Å². The predicted octanol–water partition coefficient (Wildman–Crippen LogP) is 2.32. The lowest BCUT2D eigenvalue weighted by Gasteiger charge is -2.30. The summed E-state index contributed by atoms with van der Waals surface area (Å²) >= 11 is 0. The number of halogens is 1. The summed E-state index contributed by atoms with van der Waals surface area (Å²) < 4.78 is 5.29. The smallest absolute Gasteiger partial charge is 0.190 e. The zero-order valence-electron chi connectivity index (χ0n) is 14.8. The minimum absolute atomic E-state index is 0. The van der Waals surface area contributed by atoms with Gasteiger partial charge in [0.1, 0.15) is 0 Å². The Bertz CT molecular complexity index is 305. The van der Waals surface area contributed by atoms with E-state index in [1.165, 1.54) is 25.7 Å². The number of nitrogens with one attached hydrogen (secondary N) is 2. The minimum Gasteiger partial charge on any atom is -0.385 e. The van der Waals surface area contributed by atoms with Gasteiger partial charge in [-0.3, -0.25) is 4.99 Å². The molecule has 0 amide bonds. The molecule has 0 unspecified atom stereocenters. The second-order valence-corrected chi connectivity index (χ2v) is 6.46. The third-order valence-corrected chi connectivity index (χ3v) is 4.43. The fourth-order valence-corrected chi connectivity index (χ4v) is 3.05. The van der Waals surface area contributed by atoms with E-state index in [-0.39, 0.29) is 24.0 Å². The normalized spacial score (nSPS) is 17.4. The van der Waals surface area contributed by atoms with Crippen molar-refractivity contribution in [3.05, 3.63) is 0 Å². The van der Waals surface area contributed by atoms with Gasteiger partial charge >= 0.3 is 0 Å². The first kappa shape index (κ1) is 21.9. The second kappa shape index (κ2) is 12.4. The Morgan fingerprint density at radius 3 is 2.45 bits per heavy atom. The highest BCUT2D eigenvalue weighted by Gasteiger charge is 2.33. The lowest BCUT2D eigenvalue weighted by Crippen LogP contribution is -2.43. The molecule has 1 rings (SSSR count). The maximum Gasteiger partial charge on any atom is 0.190 e. The van der Waals surface area contributed by atoms with Gasteiger partial charge in [-0.15, -0.1) is 24.0 Å². The van der Waals surface area contributed by atoms with Gasteiger partial charge in [0.05, 0.1) is 0 Å². The molecule has 0 radical (unpaired) electrons. The van der Waals surface area contributed by atoms with E-state index in [1.807, 2.05) is 7.05 Å². The highest BCUT2D eigenvalue weighted by molar-refractivity contribution is 14.0. The molecule has 0 spiro atoms. The zero-order valence-corrected chi connectivity index (χ0v) is 17.1. The van der Waals surface area contributed by atoms with Crippen molar-refractivity contribution in [2.24, 2.45) is 10.4 Å². The predicted molar refractivity (Wildman–Crippen MR) is 105 cm³/mol. The topological polar surface area (TPSA) is 48.9 Å². The fraction of sp³-hybridized carbons (Fsp3) is 0.938. The highest BCUT2D eigenvalue weighted by atomic mass is 127. The molecular weight excluding hydrogens is 391 g/mol. The van der Waals surface area contributed by atoms with Crippen molar-refractivity contribution in [3.63, 3.8) is 0 Å². The number of hydrogen-bond donors (Lipinski definition) is 2. The summed E-state index contributed by atoms with van der Waals surface area (Å²) in [5.41, 5.74) is 0.400. The van der Waals surface area contributed by atoms with Crippen molar-refractivity contribution in [1.29, 1.82) is 0 Å². The van der Waals surface area contributed by atoms with Crippen LogP contribution in [0.15, 0.2) is 4.99 Å². The van der Waals surface area contributed by atoms with Gasteiger partial charge in [0.2, 0.25) is 0 Å². The van der Waals surface area contributed by atoms with Crippen LogP contribution >= 0.6 is 24.0 Å². The van der Waals surface area contributed by atoms with Crippen molar-refractivity contribution in [2.75, 3.05) is 54.5 Å². The number of methoxy groups -OCH3 is 1. The minimum atomic E-state index is 0. The quantitative estimate of drug-likeness (QED) is 0.257. The third kappa shape index (κ3) is 8.53. The Kier molecular flexibility index (Phi) is 12.3. The van der Waals surface area contributed by atoms with E-state index in [0.29, 0.717) is 5.41 Å². The van der Waals surface area contributed by atoms with Crippen LogP contribution in [-0.2, 0) is 4.74 Å². The van der Waals surface area contributed by atoms with E-state index >= 15 is 0 Å². The average molecular weight is 426 g/mol. The summed E-state index contributed by atoms with van der Waals surface area (Å²) in [5, 5.41) is 6.92. The molecule has 0 aromatic rings. The van der Waals surface area contributed by atoms with Crippen LogP contribution in [0.4, 0.5) is 0 Å². The molecule has 0 saturated heterocycles. The molecule has 0 aliphatic heterocycles. The molecule has 0 atom stereocenters. The summed E-state index contributed by atoms with van der Waals surface area (Å²) in [5.74, 6) is 0.928. The maximum absolute atomic E-state index is 5.29. The Labute approximate surface area is 153 Å². The number of hydrogen-bond acceptors (Lipinski definition) is 3. The molecule has 1 saturated carbocycles. The van der Waals surface area contributed by atoms with Crippen LogP contribution in [0.3, 0.4) is 0 Å². The van der Waals surface area contributed by atoms with Gasteiger partial charge in [0.25, 0.3) is 0 Å². The van der Waals surface area contributed by atoms with Gasteiger partial charge in [-0.25, -0.2) is 0 Å². The van der Waals surface area contributed by atoms with E-state index in [0.717, 1.165) is 45.0 Å². The molecule has 0 bridgehead atoms. The summed E-state index contributed by atoms with van der Waals surface area (Å²) in [6.07, 6.45) is 7.58. The van der Waals surface area contributed by atoms with Crippen LogP contribution < -0.4 is 10.6 Å². The standard InChI is InChI=1S/C16H34N4O.HI/c1-17-15(18-11-7-12-20(2)3)19-14-16(10-13-21-4)8-5-6-9-16;/h5-14H2,1-4H3,(H2,17,18,19);1H. The van der Waals surface area contributed by atoms with Crippen molar-refractivity contribution < 1.29 is 4.74 Å². The maximum atomic E-state index is 5.29. The van der Waals surface area contributed by atoms with Crippen LogP contribution in [0.1, 0.15) is 38.5 Å². The first-order valence-corrected chi connectivity index (χ1v) is 8.20. The number of rotatable bonds is 9. The Balaban J connectivity index is 0.00000441. The first-order valence-electron chi connectivity index (χ1n) is 8.20. The SMILES string of the molecule is CN=C(NCCCN(C)C)NCC1(CCOC)CCCC1.I. The molecule has 2 N–H and O–H groups in total. The Morgan fingerprint density at radius 1 is 1.23 bits per heavy atom. The summed E-state index contributed by atoms with van der Waals surface area (Å²) in [6, 6.07) is 0. The van der Waals surface area contributed by atoms with Crippen molar-refractivity contribution >= 4 is 29.9 Å². The van der Waals surface area contributed by atoms with Crippen molar-refractivity contribution in [3.8, 4) is 0 Å². The number of guanidine groups is 1. The van der Waals surface area contributed by atoms with Gasteiger partial charge < -0.3 is 20.3 Å². The summed E-state index contributed by atoms with van der Waals surface area (Å²) in [7, 11) is 7.85. The van der Waals surface area contributed by atoms with Gasteiger partial charge in [-0.2, -0.15) is 0 Å². The molecule has 0 aromatic heterocycles. The molecule has 0 heterocycles. The van der Waals surface area contributed by atoms with Crippen molar-refractivity contribution in [2.45, 2.75) is 38.5 Å². The number of aliphatic imine (C=N–C) groups is 1. The van der Waals surface area contributed by atoms with Crippen LogP contribution in [0.2, 0.25) is 0 Å². The molecule has 6 heteroatoms. The van der Waals surface area contributed by atoms with Gasteiger partial charge in [0, 0.05) is 33.9 Å².